The van der Waals surface area contributed by atoms with Crippen molar-refractivity contribution in [2.24, 2.45) is 0 Å². The number of fused-ring (bicyclic) bond motifs is 2. The van der Waals surface area contributed by atoms with Crippen molar-refractivity contribution in [3.05, 3.63) is 52.8 Å². The van der Waals surface area contributed by atoms with E-state index in [1.165, 1.54) is 16.6 Å². The average Bonchev–Trinajstić information content (AvgIpc) is 3.08. The van der Waals surface area contributed by atoms with Gasteiger partial charge in [0.1, 0.15) is 12.2 Å². The van der Waals surface area contributed by atoms with Gasteiger partial charge in [0.05, 0.1) is 24.0 Å². The highest BCUT2D eigenvalue weighted by Gasteiger charge is 2.73. The molecule has 0 radical (unpaired) electrons. The maximum absolute atomic E-state index is 6.32. The first kappa shape index (κ1) is 17.6. The number of hydrogen-bond donors (Lipinski definition) is 0. The molecule has 1 aromatic heterocycles. The Morgan fingerprint density at radius 2 is 1.96 bits per heavy atom. The maximum atomic E-state index is 6.32. The number of benzene rings is 1. The van der Waals surface area contributed by atoms with E-state index in [-0.39, 0.29) is 0 Å². The number of likely N-dealkylation sites (N-methyl/N-ethyl adjacent to an activating group) is 1. The van der Waals surface area contributed by atoms with Gasteiger partial charge in [-0.2, -0.15) is 0 Å². The van der Waals surface area contributed by atoms with Crippen molar-refractivity contribution in [3.8, 4) is 11.5 Å². The molecule has 2 fully saturated rings. The smallest absolute Gasteiger partial charge is 0.292 e. The van der Waals surface area contributed by atoms with E-state index in [2.05, 4.69) is 31.1 Å². The first-order valence-electron chi connectivity index (χ1n) is 9.40. The molecule has 4 heterocycles. The van der Waals surface area contributed by atoms with Crippen LogP contribution in [0, 0.1) is 0 Å². The van der Waals surface area contributed by atoms with Crippen molar-refractivity contribution < 1.29 is 14.0 Å². The van der Waals surface area contributed by atoms with Crippen molar-refractivity contribution in [2.45, 2.75) is 51.5 Å². The normalized spacial score (nSPS) is 35.7. The molecule has 0 bridgehead atoms. The Labute approximate surface area is 160 Å². The number of aromatic nitrogens is 1. The summed E-state index contributed by atoms with van der Waals surface area (Å²) in [5.41, 5.74) is 2.00. The second-order valence-corrected chi connectivity index (χ2v) is 7.99. The molecule has 0 spiro atoms. The van der Waals surface area contributed by atoms with E-state index < -0.39 is 5.79 Å². The average molecular weight is 374 g/mol. The Hall–Kier alpha value is -1.78. The van der Waals surface area contributed by atoms with Crippen LogP contribution >= 0.6 is 11.6 Å². The minimum absolute atomic E-state index is 0.550. The van der Waals surface area contributed by atoms with Gasteiger partial charge in [-0.3, -0.25) is 4.98 Å². The molecule has 26 heavy (non-hydrogen) atoms. The van der Waals surface area contributed by atoms with Gasteiger partial charge in [-0.25, -0.2) is 0 Å². The second kappa shape index (κ2) is 5.86. The molecule has 0 aliphatic carbocycles. The van der Waals surface area contributed by atoms with Gasteiger partial charge in [0.25, 0.3) is 5.79 Å². The fraction of sp³-hybridized carbons (Fsp3) is 0.476. The van der Waals surface area contributed by atoms with E-state index in [4.69, 9.17) is 21.1 Å². The monoisotopic (exact) mass is 373 g/mol. The fourth-order valence-corrected chi connectivity index (χ4v) is 4.63. The minimum atomic E-state index is -0.905. The van der Waals surface area contributed by atoms with Crippen LogP contribution in [0.4, 0.5) is 0 Å². The van der Waals surface area contributed by atoms with Crippen molar-refractivity contribution in [1.82, 2.24) is 4.98 Å². The first-order chi connectivity index (χ1) is 12.4. The number of rotatable bonds is 2. The van der Waals surface area contributed by atoms with E-state index in [9.17, 15) is 0 Å². The lowest BCUT2D eigenvalue weighted by Gasteiger charge is -2.39. The Kier molecular flexibility index (Phi) is 3.97. The van der Waals surface area contributed by atoms with E-state index in [1.807, 2.05) is 39.0 Å². The van der Waals surface area contributed by atoms with Crippen LogP contribution in [0.2, 0.25) is 5.02 Å². The molecule has 4 nitrogen and oxygen atoms in total. The zero-order valence-corrected chi connectivity index (χ0v) is 16.7. The lowest BCUT2D eigenvalue weighted by molar-refractivity contribution is -0.859. The van der Waals surface area contributed by atoms with Crippen LogP contribution in [0.25, 0.3) is 0 Å². The number of hydrogen-bond acceptors (Lipinski definition) is 3. The standard InChI is InChI=1S/C19H20ClN2O2.C2H6/c1-11-17(14-10-22(11,14)3)13-5-4-6-15-18(13)24-19(2,23-15)16-8-7-12(20)9-21-16;1-2/h4-9,11,14,17H,10H2,1-3H3;1-2H3/q+1;. The summed E-state index contributed by atoms with van der Waals surface area (Å²) >= 11 is 5.95. The number of quaternary nitrogens is 1. The number of para-hydroxylation sites is 1. The van der Waals surface area contributed by atoms with Gasteiger partial charge in [-0.15, -0.1) is 0 Å². The molecule has 138 valence electrons. The topological polar surface area (TPSA) is 31.4 Å². The zero-order chi connectivity index (χ0) is 18.7. The molecule has 3 aliphatic rings. The van der Waals surface area contributed by atoms with Crippen molar-refractivity contribution in [3.63, 3.8) is 0 Å². The Balaban J connectivity index is 0.000000814. The molecule has 5 atom stereocenters. The summed E-state index contributed by atoms with van der Waals surface area (Å²) in [6.07, 6.45) is 1.62. The quantitative estimate of drug-likeness (QED) is 0.563. The van der Waals surface area contributed by atoms with E-state index in [0.29, 0.717) is 17.0 Å². The van der Waals surface area contributed by atoms with E-state index >= 15 is 0 Å². The molecular weight excluding hydrogens is 348 g/mol. The highest BCUT2D eigenvalue weighted by atomic mass is 35.5. The summed E-state index contributed by atoms with van der Waals surface area (Å²) in [5, 5.41) is 0.604. The molecule has 5 rings (SSSR count). The Morgan fingerprint density at radius 3 is 2.58 bits per heavy atom. The van der Waals surface area contributed by atoms with Crippen LogP contribution in [0.1, 0.15) is 44.9 Å². The third-order valence-electron chi connectivity index (χ3n) is 6.23. The molecule has 0 amide bonds. The zero-order valence-electron chi connectivity index (χ0n) is 16.0. The molecular formula is C21H26ClN2O2+. The second-order valence-electron chi connectivity index (χ2n) is 7.55. The molecule has 3 aliphatic heterocycles. The Morgan fingerprint density at radius 1 is 1.19 bits per heavy atom. The van der Waals surface area contributed by atoms with Gasteiger partial charge >= 0.3 is 0 Å². The molecule has 2 saturated heterocycles. The summed E-state index contributed by atoms with van der Waals surface area (Å²) in [4.78, 5) is 4.39. The predicted molar refractivity (Wildman–Crippen MR) is 103 cm³/mol. The lowest BCUT2D eigenvalue weighted by Crippen LogP contribution is -2.51. The summed E-state index contributed by atoms with van der Waals surface area (Å²) in [6.45, 7) is 9.52. The summed E-state index contributed by atoms with van der Waals surface area (Å²) in [7, 11) is 2.34. The van der Waals surface area contributed by atoms with Crippen LogP contribution in [0.15, 0.2) is 36.5 Å². The molecule has 5 heteroatoms. The Bertz CT molecular complexity index is 840. The van der Waals surface area contributed by atoms with Gasteiger partial charge in [0.15, 0.2) is 17.5 Å². The number of pyridine rings is 1. The third kappa shape index (κ3) is 2.35. The largest absolute Gasteiger partial charge is 0.443 e. The van der Waals surface area contributed by atoms with Gasteiger partial charge < -0.3 is 14.0 Å². The van der Waals surface area contributed by atoms with Gasteiger partial charge in [0, 0.05) is 18.7 Å². The highest BCUT2D eigenvalue weighted by molar-refractivity contribution is 6.30. The van der Waals surface area contributed by atoms with Crippen LogP contribution in [0.3, 0.4) is 0 Å². The van der Waals surface area contributed by atoms with Gasteiger partial charge in [0.2, 0.25) is 0 Å². The van der Waals surface area contributed by atoms with Crippen LogP contribution in [0.5, 0.6) is 11.5 Å². The highest BCUT2D eigenvalue weighted by Crippen LogP contribution is 2.60. The number of nitrogens with zero attached hydrogens (tertiary/aromatic N) is 2. The maximum Gasteiger partial charge on any atom is 0.292 e. The first-order valence-corrected chi connectivity index (χ1v) is 9.78. The number of ether oxygens (including phenoxy) is 2. The van der Waals surface area contributed by atoms with Gasteiger partial charge in [-0.1, -0.05) is 37.6 Å². The third-order valence-corrected chi connectivity index (χ3v) is 6.46. The molecule has 0 saturated carbocycles. The van der Waals surface area contributed by atoms with Crippen molar-refractivity contribution in [2.75, 3.05) is 13.6 Å². The van der Waals surface area contributed by atoms with Gasteiger partial charge in [-0.05, 0) is 25.1 Å². The molecule has 2 aromatic rings. The molecule has 1 aromatic carbocycles. The predicted octanol–water partition coefficient (Wildman–Crippen LogP) is 4.72. The fourth-order valence-electron chi connectivity index (χ4n) is 4.52. The van der Waals surface area contributed by atoms with E-state index in [0.717, 1.165) is 23.2 Å². The molecule has 5 unspecified atom stereocenters. The SMILES string of the molecule is CC.CC1C(c2cccc3c2OC(C)(c2ccc(Cl)cn2)O3)C2C[N+]12C. The molecule has 0 N–H and O–H groups in total. The van der Waals surface area contributed by atoms with Crippen LogP contribution < -0.4 is 9.47 Å². The van der Waals surface area contributed by atoms with Crippen LogP contribution in [-0.2, 0) is 5.79 Å². The lowest BCUT2D eigenvalue weighted by atomic mass is 9.82. The van der Waals surface area contributed by atoms with Crippen LogP contribution in [-0.4, -0.2) is 35.1 Å². The van der Waals surface area contributed by atoms with Crippen molar-refractivity contribution in [1.29, 1.82) is 0 Å². The minimum Gasteiger partial charge on any atom is -0.443 e. The summed E-state index contributed by atoms with van der Waals surface area (Å²) in [6, 6.07) is 11.3. The number of halogens is 1. The van der Waals surface area contributed by atoms with Crippen molar-refractivity contribution >= 4 is 11.6 Å². The van der Waals surface area contributed by atoms with E-state index in [1.54, 1.807) is 6.20 Å². The summed E-state index contributed by atoms with van der Waals surface area (Å²) < 4.78 is 13.7. The summed E-state index contributed by atoms with van der Waals surface area (Å²) in [5.74, 6) is 1.33.